The van der Waals surface area contributed by atoms with Crippen molar-refractivity contribution >= 4 is 0 Å². The molecule has 1 aliphatic rings. The minimum absolute atomic E-state index is 0.430. The molecule has 0 aromatic heterocycles. The molecule has 3 nitrogen and oxygen atoms in total. The van der Waals surface area contributed by atoms with Gasteiger partial charge in [-0.2, -0.15) is 0 Å². The Labute approximate surface area is 103 Å². The third-order valence-corrected chi connectivity index (χ3v) is 3.64. The average molecular weight is 234 g/mol. The van der Waals surface area contributed by atoms with Gasteiger partial charge in [0.25, 0.3) is 0 Å². The lowest BCUT2D eigenvalue weighted by molar-refractivity contribution is 0.249. The Hall–Kier alpha value is -1.06. The van der Waals surface area contributed by atoms with E-state index in [-0.39, 0.29) is 0 Å². The van der Waals surface area contributed by atoms with Crippen molar-refractivity contribution in [2.45, 2.75) is 32.9 Å². The third-order valence-electron chi connectivity index (χ3n) is 3.64. The lowest BCUT2D eigenvalue weighted by atomic mass is 10.0. The van der Waals surface area contributed by atoms with Crippen molar-refractivity contribution in [3.8, 4) is 5.75 Å². The summed E-state index contributed by atoms with van der Waals surface area (Å²) < 4.78 is 0. The molecule has 17 heavy (non-hydrogen) atoms. The molecule has 0 saturated carbocycles. The van der Waals surface area contributed by atoms with Crippen molar-refractivity contribution < 1.29 is 5.11 Å². The number of aromatic hydroxyl groups is 1. The first-order chi connectivity index (χ1) is 8.08. The zero-order valence-electron chi connectivity index (χ0n) is 11.0. The summed E-state index contributed by atoms with van der Waals surface area (Å²) in [5.74, 6) is 0.430. The number of hydrogen-bond donors (Lipinski definition) is 2. The van der Waals surface area contributed by atoms with Crippen molar-refractivity contribution in [3.63, 3.8) is 0 Å². The Morgan fingerprint density at radius 2 is 2.00 bits per heavy atom. The van der Waals surface area contributed by atoms with Gasteiger partial charge in [-0.05, 0) is 50.6 Å². The topological polar surface area (TPSA) is 35.5 Å². The lowest BCUT2D eigenvalue weighted by Gasteiger charge is -2.24. The van der Waals surface area contributed by atoms with Crippen LogP contribution in [0.25, 0.3) is 0 Å². The molecule has 1 atom stereocenters. The Kier molecular flexibility index (Phi) is 3.69. The molecule has 1 fully saturated rings. The SMILES string of the molecule is Cc1cc(CN(C)C2CCNC2)cc(C)c1O. The molecule has 3 heteroatoms. The molecule has 94 valence electrons. The summed E-state index contributed by atoms with van der Waals surface area (Å²) in [4.78, 5) is 2.39. The number of nitrogens with zero attached hydrogens (tertiary/aromatic N) is 1. The van der Waals surface area contributed by atoms with Crippen LogP contribution in [0.15, 0.2) is 12.1 Å². The molecule has 2 rings (SSSR count). The molecule has 1 unspecified atom stereocenters. The minimum Gasteiger partial charge on any atom is -0.507 e. The van der Waals surface area contributed by atoms with Gasteiger partial charge in [0, 0.05) is 19.1 Å². The van der Waals surface area contributed by atoms with Crippen molar-refractivity contribution in [3.05, 3.63) is 28.8 Å². The van der Waals surface area contributed by atoms with Crippen LogP contribution in [-0.4, -0.2) is 36.2 Å². The quantitative estimate of drug-likeness (QED) is 0.837. The van der Waals surface area contributed by atoms with Crippen LogP contribution in [0.5, 0.6) is 5.75 Å². The number of nitrogens with one attached hydrogen (secondary N) is 1. The van der Waals surface area contributed by atoms with Crippen molar-refractivity contribution in [2.75, 3.05) is 20.1 Å². The zero-order chi connectivity index (χ0) is 12.4. The maximum Gasteiger partial charge on any atom is 0.121 e. The first-order valence-corrected chi connectivity index (χ1v) is 6.28. The van der Waals surface area contributed by atoms with Crippen LogP contribution in [0.3, 0.4) is 0 Å². The predicted molar refractivity (Wildman–Crippen MR) is 70.3 cm³/mol. The summed E-state index contributed by atoms with van der Waals surface area (Å²) in [6.07, 6.45) is 1.23. The number of phenols is 1. The molecule has 0 amide bonds. The Balaban J connectivity index is 2.07. The summed E-state index contributed by atoms with van der Waals surface area (Å²) >= 11 is 0. The summed E-state index contributed by atoms with van der Waals surface area (Å²) in [6.45, 7) is 7.09. The zero-order valence-corrected chi connectivity index (χ0v) is 11.0. The highest BCUT2D eigenvalue weighted by atomic mass is 16.3. The van der Waals surface area contributed by atoms with Gasteiger partial charge < -0.3 is 10.4 Å². The molecule has 2 N–H and O–H groups in total. The molecule has 0 spiro atoms. The number of rotatable bonds is 3. The van der Waals surface area contributed by atoms with Gasteiger partial charge >= 0.3 is 0 Å². The van der Waals surface area contributed by atoms with E-state index < -0.39 is 0 Å². The van der Waals surface area contributed by atoms with Gasteiger partial charge in [0.1, 0.15) is 5.75 Å². The maximum atomic E-state index is 9.75. The molecule has 1 aliphatic heterocycles. The lowest BCUT2D eigenvalue weighted by Crippen LogP contribution is -2.32. The second-order valence-electron chi connectivity index (χ2n) is 5.14. The normalized spacial score (nSPS) is 20.1. The summed E-state index contributed by atoms with van der Waals surface area (Å²) in [7, 11) is 2.18. The summed E-state index contributed by atoms with van der Waals surface area (Å²) in [5, 5.41) is 13.1. The largest absolute Gasteiger partial charge is 0.507 e. The van der Waals surface area contributed by atoms with Crippen molar-refractivity contribution in [2.24, 2.45) is 0 Å². The van der Waals surface area contributed by atoms with Gasteiger partial charge in [-0.25, -0.2) is 0 Å². The molecule has 1 aromatic rings. The Morgan fingerprint density at radius 3 is 2.53 bits per heavy atom. The molecular weight excluding hydrogens is 212 g/mol. The highest BCUT2D eigenvalue weighted by Crippen LogP contribution is 2.24. The summed E-state index contributed by atoms with van der Waals surface area (Å²) in [5.41, 5.74) is 3.23. The second-order valence-corrected chi connectivity index (χ2v) is 5.14. The molecule has 0 bridgehead atoms. The van der Waals surface area contributed by atoms with E-state index in [0.29, 0.717) is 11.8 Å². The van der Waals surface area contributed by atoms with E-state index in [4.69, 9.17) is 0 Å². The standard InChI is InChI=1S/C14H22N2O/c1-10-6-12(7-11(2)14(10)17)9-16(3)13-4-5-15-8-13/h6-7,13,15,17H,4-5,8-9H2,1-3H3. The number of likely N-dealkylation sites (N-methyl/N-ethyl adjacent to an activating group) is 1. The van der Waals surface area contributed by atoms with Crippen LogP contribution in [0, 0.1) is 13.8 Å². The average Bonchev–Trinajstić information content (AvgIpc) is 2.79. The van der Waals surface area contributed by atoms with Gasteiger partial charge in [-0.3, -0.25) is 4.90 Å². The first-order valence-electron chi connectivity index (χ1n) is 6.28. The van der Waals surface area contributed by atoms with E-state index in [1.54, 1.807) is 0 Å². The van der Waals surface area contributed by atoms with Crippen molar-refractivity contribution in [1.29, 1.82) is 0 Å². The number of phenolic OH excluding ortho intramolecular Hbond substituents is 1. The molecule has 1 heterocycles. The van der Waals surface area contributed by atoms with E-state index in [1.807, 2.05) is 13.8 Å². The van der Waals surface area contributed by atoms with Crippen LogP contribution >= 0.6 is 0 Å². The minimum atomic E-state index is 0.430. The van der Waals surface area contributed by atoms with Gasteiger partial charge in [0.2, 0.25) is 0 Å². The second kappa shape index (κ2) is 5.07. The maximum absolute atomic E-state index is 9.75. The van der Waals surface area contributed by atoms with E-state index in [9.17, 15) is 5.11 Å². The molecule has 1 aromatic carbocycles. The molecule has 0 radical (unpaired) electrons. The number of hydrogen-bond acceptors (Lipinski definition) is 3. The fourth-order valence-corrected chi connectivity index (χ4v) is 2.57. The Morgan fingerprint density at radius 1 is 1.35 bits per heavy atom. The predicted octanol–water partition coefficient (Wildman–Crippen LogP) is 1.80. The van der Waals surface area contributed by atoms with E-state index in [0.717, 1.165) is 30.8 Å². The highest BCUT2D eigenvalue weighted by Gasteiger charge is 2.19. The van der Waals surface area contributed by atoms with Gasteiger partial charge in [-0.1, -0.05) is 12.1 Å². The first kappa shape index (κ1) is 12.4. The molecule has 1 saturated heterocycles. The fourth-order valence-electron chi connectivity index (χ4n) is 2.57. The van der Waals surface area contributed by atoms with E-state index in [2.05, 4.69) is 29.4 Å². The van der Waals surface area contributed by atoms with Crippen LogP contribution in [0.1, 0.15) is 23.1 Å². The van der Waals surface area contributed by atoms with Crippen molar-refractivity contribution in [1.82, 2.24) is 10.2 Å². The third kappa shape index (κ3) is 2.79. The fraction of sp³-hybridized carbons (Fsp3) is 0.571. The monoisotopic (exact) mass is 234 g/mol. The number of benzene rings is 1. The van der Waals surface area contributed by atoms with Crippen LogP contribution < -0.4 is 5.32 Å². The summed E-state index contributed by atoms with van der Waals surface area (Å²) in [6, 6.07) is 4.81. The van der Waals surface area contributed by atoms with Crippen LogP contribution in [0.2, 0.25) is 0 Å². The van der Waals surface area contributed by atoms with E-state index in [1.165, 1.54) is 12.0 Å². The molecular formula is C14H22N2O. The Bertz CT molecular complexity index is 374. The van der Waals surface area contributed by atoms with E-state index >= 15 is 0 Å². The van der Waals surface area contributed by atoms with Gasteiger partial charge in [0.15, 0.2) is 0 Å². The highest BCUT2D eigenvalue weighted by molar-refractivity contribution is 5.42. The number of aryl methyl sites for hydroxylation is 2. The van der Waals surface area contributed by atoms with Crippen LogP contribution in [0.4, 0.5) is 0 Å². The van der Waals surface area contributed by atoms with Crippen LogP contribution in [-0.2, 0) is 6.54 Å². The molecule has 0 aliphatic carbocycles. The van der Waals surface area contributed by atoms with Gasteiger partial charge in [0.05, 0.1) is 0 Å². The van der Waals surface area contributed by atoms with Gasteiger partial charge in [-0.15, -0.1) is 0 Å². The smallest absolute Gasteiger partial charge is 0.121 e.